The Morgan fingerprint density at radius 2 is 2.00 bits per heavy atom. The summed E-state index contributed by atoms with van der Waals surface area (Å²) in [5.41, 5.74) is 6.59. The van der Waals surface area contributed by atoms with E-state index in [0.29, 0.717) is 0 Å². The summed E-state index contributed by atoms with van der Waals surface area (Å²) >= 11 is 0. The molecular formula is C12H17N3O. The van der Waals surface area contributed by atoms with Crippen LogP contribution >= 0.6 is 0 Å². The number of urea groups is 1. The van der Waals surface area contributed by atoms with Crippen LogP contribution in [0.15, 0.2) is 30.3 Å². The van der Waals surface area contributed by atoms with Gasteiger partial charge in [-0.1, -0.05) is 18.2 Å². The van der Waals surface area contributed by atoms with Gasteiger partial charge in [-0.25, -0.2) is 4.79 Å². The first kappa shape index (κ1) is 11.0. The number of nitrogens with two attached hydrogens (primary N) is 1. The number of rotatable bonds is 2. The lowest BCUT2D eigenvalue weighted by Gasteiger charge is -2.13. The SMILES string of the molecule is NC1CCC(NC(=O)Nc2ccccc2)C1. The van der Waals surface area contributed by atoms with Crippen molar-refractivity contribution in [2.45, 2.75) is 31.3 Å². The first-order valence-electron chi connectivity index (χ1n) is 5.62. The van der Waals surface area contributed by atoms with E-state index in [1.165, 1.54) is 0 Å². The maximum atomic E-state index is 11.6. The van der Waals surface area contributed by atoms with Crippen molar-refractivity contribution in [1.29, 1.82) is 0 Å². The van der Waals surface area contributed by atoms with Crippen LogP contribution in [0.2, 0.25) is 0 Å². The van der Waals surface area contributed by atoms with Crippen molar-refractivity contribution in [3.05, 3.63) is 30.3 Å². The molecule has 4 N–H and O–H groups in total. The summed E-state index contributed by atoms with van der Waals surface area (Å²) in [6.45, 7) is 0. The normalized spacial score (nSPS) is 24.1. The molecule has 1 aromatic rings. The van der Waals surface area contributed by atoms with Crippen LogP contribution in [0.1, 0.15) is 19.3 Å². The fraction of sp³-hybridized carbons (Fsp3) is 0.417. The Labute approximate surface area is 95.2 Å². The summed E-state index contributed by atoms with van der Waals surface area (Å²) < 4.78 is 0. The van der Waals surface area contributed by atoms with Crippen LogP contribution < -0.4 is 16.4 Å². The third-order valence-electron chi connectivity index (χ3n) is 2.84. The molecule has 4 nitrogen and oxygen atoms in total. The minimum Gasteiger partial charge on any atom is -0.335 e. The zero-order valence-electron chi connectivity index (χ0n) is 9.15. The molecule has 0 bridgehead atoms. The van der Waals surface area contributed by atoms with E-state index in [4.69, 9.17) is 5.73 Å². The molecule has 1 saturated carbocycles. The molecule has 4 heteroatoms. The Kier molecular flexibility index (Phi) is 3.41. The Morgan fingerprint density at radius 3 is 2.62 bits per heavy atom. The summed E-state index contributed by atoms with van der Waals surface area (Å²) in [6.07, 6.45) is 2.85. The van der Waals surface area contributed by atoms with Crippen LogP contribution in [0, 0.1) is 0 Å². The molecule has 1 fully saturated rings. The van der Waals surface area contributed by atoms with Gasteiger partial charge < -0.3 is 16.4 Å². The maximum Gasteiger partial charge on any atom is 0.319 e. The Balaban J connectivity index is 1.81. The molecule has 1 aliphatic rings. The molecule has 0 aromatic heterocycles. The van der Waals surface area contributed by atoms with Gasteiger partial charge in [-0.15, -0.1) is 0 Å². The molecule has 1 aromatic carbocycles. The van der Waals surface area contributed by atoms with Crippen molar-refractivity contribution in [3.63, 3.8) is 0 Å². The number of benzene rings is 1. The van der Waals surface area contributed by atoms with E-state index in [2.05, 4.69) is 10.6 Å². The zero-order valence-corrected chi connectivity index (χ0v) is 9.15. The lowest BCUT2D eigenvalue weighted by molar-refractivity contribution is 0.248. The second kappa shape index (κ2) is 4.99. The van der Waals surface area contributed by atoms with Crippen LogP contribution in [0.3, 0.4) is 0 Å². The number of para-hydroxylation sites is 1. The smallest absolute Gasteiger partial charge is 0.319 e. The van der Waals surface area contributed by atoms with E-state index in [1.807, 2.05) is 30.3 Å². The molecule has 0 radical (unpaired) electrons. The van der Waals surface area contributed by atoms with Crippen LogP contribution in [0.4, 0.5) is 10.5 Å². The van der Waals surface area contributed by atoms with Gasteiger partial charge in [-0.3, -0.25) is 0 Å². The van der Waals surface area contributed by atoms with E-state index >= 15 is 0 Å². The third-order valence-corrected chi connectivity index (χ3v) is 2.84. The van der Waals surface area contributed by atoms with Gasteiger partial charge in [0.15, 0.2) is 0 Å². The van der Waals surface area contributed by atoms with Crippen molar-refractivity contribution in [1.82, 2.24) is 5.32 Å². The van der Waals surface area contributed by atoms with Crippen molar-refractivity contribution in [2.75, 3.05) is 5.32 Å². The minimum atomic E-state index is -0.148. The number of hydrogen-bond acceptors (Lipinski definition) is 2. The number of amides is 2. The van der Waals surface area contributed by atoms with Crippen molar-refractivity contribution < 1.29 is 4.79 Å². The van der Waals surface area contributed by atoms with E-state index in [0.717, 1.165) is 24.9 Å². The molecule has 2 amide bonds. The molecule has 0 spiro atoms. The van der Waals surface area contributed by atoms with Gasteiger partial charge in [0.1, 0.15) is 0 Å². The Morgan fingerprint density at radius 1 is 1.25 bits per heavy atom. The second-order valence-electron chi connectivity index (χ2n) is 4.23. The summed E-state index contributed by atoms with van der Waals surface area (Å²) in [7, 11) is 0. The third kappa shape index (κ3) is 2.97. The van der Waals surface area contributed by atoms with E-state index in [1.54, 1.807) is 0 Å². The average molecular weight is 219 g/mol. The monoisotopic (exact) mass is 219 g/mol. The lowest BCUT2D eigenvalue weighted by atomic mass is 10.2. The van der Waals surface area contributed by atoms with Crippen LogP contribution in [-0.2, 0) is 0 Å². The summed E-state index contributed by atoms with van der Waals surface area (Å²) in [6, 6.07) is 9.73. The van der Waals surface area contributed by atoms with Crippen molar-refractivity contribution >= 4 is 11.7 Å². The molecule has 16 heavy (non-hydrogen) atoms. The molecule has 2 unspecified atom stereocenters. The fourth-order valence-corrected chi connectivity index (χ4v) is 2.02. The molecule has 2 atom stereocenters. The Hall–Kier alpha value is -1.55. The second-order valence-corrected chi connectivity index (χ2v) is 4.23. The Bertz CT molecular complexity index is 353. The van der Waals surface area contributed by atoms with Gasteiger partial charge >= 0.3 is 6.03 Å². The number of anilines is 1. The maximum absolute atomic E-state index is 11.6. The number of carbonyl (C=O) groups excluding carboxylic acids is 1. The van der Waals surface area contributed by atoms with E-state index in [-0.39, 0.29) is 18.1 Å². The standard InChI is InChI=1S/C12H17N3O/c13-9-6-7-11(8-9)15-12(16)14-10-4-2-1-3-5-10/h1-5,9,11H,6-8,13H2,(H2,14,15,16). The number of nitrogens with one attached hydrogen (secondary N) is 2. The van der Waals surface area contributed by atoms with Gasteiger partial charge in [0.25, 0.3) is 0 Å². The van der Waals surface area contributed by atoms with Crippen LogP contribution in [-0.4, -0.2) is 18.1 Å². The average Bonchev–Trinajstić information content (AvgIpc) is 2.65. The van der Waals surface area contributed by atoms with Crippen LogP contribution in [0.5, 0.6) is 0 Å². The number of hydrogen-bond donors (Lipinski definition) is 3. The molecule has 2 rings (SSSR count). The highest BCUT2D eigenvalue weighted by molar-refractivity contribution is 5.89. The van der Waals surface area contributed by atoms with Gasteiger partial charge in [0, 0.05) is 17.8 Å². The predicted octanol–water partition coefficient (Wildman–Crippen LogP) is 1.69. The summed E-state index contributed by atoms with van der Waals surface area (Å²) in [4.78, 5) is 11.6. The first-order chi connectivity index (χ1) is 7.74. The molecule has 86 valence electrons. The molecule has 0 heterocycles. The van der Waals surface area contributed by atoms with Crippen LogP contribution in [0.25, 0.3) is 0 Å². The highest BCUT2D eigenvalue weighted by Gasteiger charge is 2.22. The van der Waals surface area contributed by atoms with E-state index in [9.17, 15) is 4.79 Å². The summed E-state index contributed by atoms with van der Waals surface area (Å²) in [5, 5.41) is 5.72. The van der Waals surface area contributed by atoms with Gasteiger partial charge in [0.05, 0.1) is 0 Å². The van der Waals surface area contributed by atoms with Gasteiger partial charge in [0.2, 0.25) is 0 Å². The highest BCUT2D eigenvalue weighted by atomic mass is 16.2. The molecule has 0 aliphatic heterocycles. The molecule has 1 aliphatic carbocycles. The lowest BCUT2D eigenvalue weighted by Crippen LogP contribution is -2.37. The van der Waals surface area contributed by atoms with Crippen molar-refractivity contribution in [2.24, 2.45) is 5.73 Å². The predicted molar refractivity (Wildman–Crippen MR) is 64.2 cm³/mol. The quantitative estimate of drug-likeness (QED) is 0.708. The first-order valence-corrected chi connectivity index (χ1v) is 5.62. The molecular weight excluding hydrogens is 202 g/mol. The number of carbonyl (C=O) groups is 1. The van der Waals surface area contributed by atoms with Crippen molar-refractivity contribution in [3.8, 4) is 0 Å². The zero-order chi connectivity index (χ0) is 11.4. The van der Waals surface area contributed by atoms with E-state index < -0.39 is 0 Å². The topological polar surface area (TPSA) is 67.1 Å². The van der Waals surface area contributed by atoms with Gasteiger partial charge in [-0.2, -0.15) is 0 Å². The highest BCUT2D eigenvalue weighted by Crippen LogP contribution is 2.17. The summed E-state index contributed by atoms with van der Waals surface area (Å²) in [5.74, 6) is 0. The fourth-order valence-electron chi connectivity index (χ4n) is 2.02. The largest absolute Gasteiger partial charge is 0.335 e. The molecule has 0 saturated heterocycles. The van der Waals surface area contributed by atoms with Gasteiger partial charge in [-0.05, 0) is 31.4 Å². The minimum absolute atomic E-state index is 0.148.